The van der Waals surface area contributed by atoms with Crippen LogP contribution in [0.4, 0.5) is 5.69 Å². The van der Waals surface area contributed by atoms with Crippen LogP contribution in [-0.2, 0) is 11.2 Å². The highest BCUT2D eigenvalue weighted by molar-refractivity contribution is 5.94. The van der Waals surface area contributed by atoms with E-state index in [1.54, 1.807) is 0 Å². The molecule has 1 aromatic carbocycles. The lowest BCUT2D eigenvalue weighted by atomic mass is 10.1. The molecule has 2 rings (SSSR count). The molecule has 1 fully saturated rings. The van der Waals surface area contributed by atoms with Crippen LogP contribution in [0.5, 0.6) is 0 Å². The number of carbonyl (C=O) groups excluding carboxylic acids is 1. The van der Waals surface area contributed by atoms with Gasteiger partial charge in [0.15, 0.2) is 0 Å². The summed E-state index contributed by atoms with van der Waals surface area (Å²) in [5, 5.41) is 2.89. The van der Waals surface area contributed by atoms with Crippen LogP contribution in [0.2, 0.25) is 0 Å². The van der Waals surface area contributed by atoms with Crippen LogP contribution < -0.4 is 11.1 Å². The molecule has 3 nitrogen and oxygen atoms in total. The molecule has 1 aliphatic carbocycles. The van der Waals surface area contributed by atoms with Gasteiger partial charge in [0.05, 0.1) is 5.92 Å². The van der Waals surface area contributed by atoms with Crippen LogP contribution in [-0.4, -0.2) is 11.9 Å². The van der Waals surface area contributed by atoms with Crippen LogP contribution in [0.25, 0.3) is 0 Å². The molecular weight excluding hydrogens is 188 g/mol. The molecule has 1 aromatic rings. The minimum Gasteiger partial charge on any atom is -0.327 e. The number of aryl methyl sites for hydroxylation is 1. The standard InChI is InChI=1S/C12H16N2O/c1-2-8-4-3-5-9(6-8)14-12(15)10-7-11(10)13/h3-6,10-11H,2,7,13H2,1H3,(H,14,15). The lowest BCUT2D eigenvalue weighted by Gasteiger charge is -2.05. The Morgan fingerprint density at radius 2 is 2.33 bits per heavy atom. The third kappa shape index (κ3) is 2.36. The van der Waals surface area contributed by atoms with Crippen molar-refractivity contribution in [2.45, 2.75) is 25.8 Å². The molecule has 0 radical (unpaired) electrons. The fourth-order valence-electron chi connectivity index (χ4n) is 1.62. The molecule has 3 N–H and O–H groups in total. The van der Waals surface area contributed by atoms with E-state index in [-0.39, 0.29) is 17.9 Å². The summed E-state index contributed by atoms with van der Waals surface area (Å²) in [5.74, 6) is 0.0750. The van der Waals surface area contributed by atoms with E-state index < -0.39 is 0 Å². The van der Waals surface area contributed by atoms with Crippen LogP contribution in [0.3, 0.4) is 0 Å². The van der Waals surface area contributed by atoms with Crippen LogP contribution in [0.1, 0.15) is 18.9 Å². The Morgan fingerprint density at radius 3 is 2.93 bits per heavy atom. The van der Waals surface area contributed by atoms with Gasteiger partial charge in [0, 0.05) is 11.7 Å². The average Bonchev–Trinajstić information content (AvgIpc) is 2.96. The van der Waals surface area contributed by atoms with Gasteiger partial charge in [0.1, 0.15) is 0 Å². The number of anilines is 1. The lowest BCUT2D eigenvalue weighted by Crippen LogP contribution is -2.18. The zero-order valence-electron chi connectivity index (χ0n) is 8.86. The molecule has 1 amide bonds. The fraction of sp³-hybridized carbons (Fsp3) is 0.417. The predicted octanol–water partition coefficient (Wildman–Crippen LogP) is 1.53. The summed E-state index contributed by atoms with van der Waals surface area (Å²) in [7, 11) is 0. The second kappa shape index (κ2) is 4.03. The van der Waals surface area contributed by atoms with Crippen molar-refractivity contribution in [3.05, 3.63) is 29.8 Å². The summed E-state index contributed by atoms with van der Waals surface area (Å²) >= 11 is 0. The Balaban J connectivity index is 2.00. The first-order valence-electron chi connectivity index (χ1n) is 5.36. The van der Waals surface area contributed by atoms with Gasteiger partial charge in [0.25, 0.3) is 0 Å². The maximum atomic E-state index is 11.6. The van der Waals surface area contributed by atoms with E-state index in [1.165, 1.54) is 5.56 Å². The lowest BCUT2D eigenvalue weighted by molar-refractivity contribution is -0.117. The van der Waals surface area contributed by atoms with Crippen LogP contribution in [0.15, 0.2) is 24.3 Å². The summed E-state index contributed by atoms with van der Waals surface area (Å²) in [4.78, 5) is 11.6. The van der Waals surface area contributed by atoms with E-state index in [0.717, 1.165) is 18.5 Å². The first-order chi connectivity index (χ1) is 7.20. The largest absolute Gasteiger partial charge is 0.327 e. The van der Waals surface area contributed by atoms with E-state index in [1.807, 2.05) is 18.2 Å². The maximum absolute atomic E-state index is 11.6. The van der Waals surface area contributed by atoms with Crippen molar-refractivity contribution >= 4 is 11.6 Å². The number of benzene rings is 1. The van der Waals surface area contributed by atoms with Crippen LogP contribution >= 0.6 is 0 Å². The first-order valence-corrected chi connectivity index (χ1v) is 5.36. The van der Waals surface area contributed by atoms with Gasteiger partial charge in [-0.2, -0.15) is 0 Å². The highest BCUT2D eigenvalue weighted by Gasteiger charge is 2.39. The minimum atomic E-state index is 0.0234. The number of nitrogens with one attached hydrogen (secondary N) is 1. The third-order valence-corrected chi connectivity index (χ3v) is 2.78. The summed E-state index contributed by atoms with van der Waals surface area (Å²) in [6, 6.07) is 8.00. The topological polar surface area (TPSA) is 55.1 Å². The smallest absolute Gasteiger partial charge is 0.229 e. The molecule has 80 valence electrons. The van der Waals surface area contributed by atoms with Gasteiger partial charge in [-0.1, -0.05) is 19.1 Å². The second-order valence-corrected chi connectivity index (χ2v) is 4.05. The molecule has 0 heterocycles. The Kier molecular flexibility index (Phi) is 2.73. The number of carbonyl (C=O) groups is 1. The van der Waals surface area contributed by atoms with Crippen molar-refractivity contribution < 1.29 is 4.79 Å². The molecule has 15 heavy (non-hydrogen) atoms. The van der Waals surface area contributed by atoms with Crippen molar-refractivity contribution in [1.29, 1.82) is 0 Å². The average molecular weight is 204 g/mol. The third-order valence-electron chi connectivity index (χ3n) is 2.78. The first kappa shape index (κ1) is 10.2. The number of amides is 1. The van der Waals surface area contributed by atoms with E-state index in [0.29, 0.717) is 0 Å². The molecule has 2 atom stereocenters. The van der Waals surface area contributed by atoms with Crippen molar-refractivity contribution in [3.8, 4) is 0 Å². The van der Waals surface area contributed by atoms with Crippen molar-refractivity contribution in [2.75, 3.05) is 5.32 Å². The summed E-state index contributed by atoms with van der Waals surface area (Å²) in [6.45, 7) is 2.09. The van der Waals surface area contributed by atoms with E-state index in [4.69, 9.17) is 5.73 Å². The Bertz CT molecular complexity index is 376. The Hall–Kier alpha value is -1.35. The van der Waals surface area contributed by atoms with E-state index >= 15 is 0 Å². The molecule has 2 unspecified atom stereocenters. The summed E-state index contributed by atoms with van der Waals surface area (Å²) in [6.07, 6.45) is 1.80. The second-order valence-electron chi connectivity index (χ2n) is 4.05. The summed E-state index contributed by atoms with van der Waals surface area (Å²) < 4.78 is 0. The predicted molar refractivity (Wildman–Crippen MR) is 60.5 cm³/mol. The number of nitrogens with two attached hydrogens (primary N) is 1. The molecular formula is C12H16N2O. The fourth-order valence-corrected chi connectivity index (χ4v) is 1.62. The number of hydrogen-bond acceptors (Lipinski definition) is 2. The van der Waals surface area contributed by atoms with Gasteiger partial charge in [-0.15, -0.1) is 0 Å². The van der Waals surface area contributed by atoms with Gasteiger partial charge in [0.2, 0.25) is 5.91 Å². The van der Waals surface area contributed by atoms with Gasteiger partial charge in [-0.3, -0.25) is 4.79 Å². The number of hydrogen-bond donors (Lipinski definition) is 2. The normalized spacial score (nSPS) is 23.6. The van der Waals surface area contributed by atoms with Gasteiger partial charge >= 0.3 is 0 Å². The Morgan fingerprint density at radius 1 is 1.60 bits per heavy atom. The summed E-state index contributed by atoms with van der Waals surface area (Å²) in [5.41, 5.74) is 7.72. The van der Waals surface area contributed by atoms with Crippen molar-refractivity contribution in [3.63, 3.8) is 0 Å². The Labute approximate surface area is 89.7 Å². The highest BCUT2D eigenvalue weighted by atomic mass is 16.2. The number of rotatable bonds is 3. The monoisotopic (exact) mass is 204 g/mol. The van der Waals surface area contributed by atoms with E-state index in [2.05, 4.69) is 18.3 Å². The van der Waals surface area contributed by atoms with Crippen molar-refractivity contribution in [1.82, 2.24) is 0 Å². The molecule has 1 aliphatic rings. The highest BCUT2D eigenvalue weighted by Crippen LogP contribution is 2.29. The van der Waals surface area contributed by atoms with Crippen LogP contribution in [0, 0.1) is 5.92 Å². The SMILES string of the molecule is CCc1cccc(NC(=O)C2CC2N)c1. The molecule has 0 bridgehead atoms. The quantitative estimate of drug-likeness (QED) is 0.784. The molecule has 0 aromatic heterocycles. The van der Waals surface area contributed by atoms with Gasteiger partial charge < -0.3 is 11.1 Å². The van der Waals surface area contributed by atoms with Gasteiger partial charge in [-0.25, -0.2) is 0 Å². The molecule has 0 spiro atoms. The zero-order valence-corrected chi connectivity index (χ0v) is 8.86. The van der Waals surface area contributed by atoms with Crippen molar-refractivity contribution in [2.24, 2.45) is 11.7 Å². The zero-order chi connectivity index (χ0) is 10.8. The maximum Gasteiger partial charge on any atom is 0.229 e. The minimum absolute atomic E-state index is 0.0234. The van der Waals surface area contributed by atoms with Gasteiger partial charge in [-0.05, 0) is 30.5 Å². The van der Waals surface area contributed by atoms with E-state index in [9.17, 15) is 4.79 Å². The molecule has 1 saturated carbocycles. The molecule has 0 aliphatic heterocycles. The molecule has 3 heteroatoms. The molecule has 0 saturated heterocycles.